The van der Waals surface area contributed by atoms with Crippen LogP contribution in [0.5, 0.6) is 0 Å². The molecule has 1 saturated heterocycles. The van der Waals surface area contributed by atoms with Crippen LogP contribution in [0.2, 0.25) is 0 Å². The summed E-state index contributed by atoms with van der Waals surface area (Å²) in [6, 6.07) is 0.451. The molecule has 88 valence electrons. The van der Waals surface area contributed by atoms with Gasteiger partial charge < -0.3 is 10.2 Å². The van der Waals surface area contributed by atoms with E-state index in [1.165, 1.54) is 12.8 Å². The van der Waals surface area contributed by atoms with Gasteiger partial charge in [0, 0.05) is 31.1 Å². The van der Waals surface area contributed by atoms with Crippen molar-refractivity contribution in [1.29, 1.82) is 0 Å². The summed E-state index contributed by atoms with van der Waals surface area (Å²) in [6.45, 7) is 10.2. The Hall–Kier alpha value is -0.570. The zero-order valence-electron chi connectivity index (χ0n) is 10.5. The summed E-state index contributed by atoms with van der Waals surface area (Å²) in [5.74, 6) is 0.303. The highest BCUT2D eigenvalue weighted by Crippen LogP contribution is 2.17. The highest BCUT2D eigenvalue weighted by Gasteiger charge is 2.24. The van der Waals surface area contributed by atoms with Gasteiger partial charge in [-0.25, -0.2) is 0 Å². The molecule has 0 aliphatic carbocycles. The highest BCUT2D eigenvalue weighted by molar-refractivity contribution is 5.77. The van der Waals surface area contributed by atoms with Crippen LogP contribution in [0.1, 0.15) is 47.0 Å². The van der Waals surface area contributed by atoms with Crippen LogP contribution in [-0.4, -0.2) is 35.5 Å². The van der Waals surface area contributed by atoms with Gasteiger partial charge in [0.05, 0.1) is 0 Å². The van der Waals surface area contributed by atoms with E-state index in [4.69, 9.17) is 0 Å². The number of hydrogen-bond donors (Lipinski definition) is 1. The van der Waals surface area contributed by atoms with Crippen LogP contribution in [0.4, 0.5) is 0 Å². The van der Waals surface area contributed by atoms with Gasteiger partial charge in [0.15, 0.2) is 0 Å². The predicted octanol–water partition coefficient (Wildman–Crippen LogP) is 1.78. The molecule has 1 fully saturated rings. The lowest BCUT2D eigenvalue weighted by Gasteiger charge is -2.24. The monoisotopic (exact) mass is 212 g/mol. The molecule has 0 spiro atoms. The fourth-order valence-corrected chi connectivity index (χ4v) is 1.99. The first-order valence-electron chi connectivity index (χ1n) is 5.94. The summed E-state index contributed by atoms with van der Waals surface area (Å²) in [7, 11) is 0. The van der Waals surface area contributed by atoms with Crippen molar-refractivity contribution in [2.24, 2.45) is 0 Å². The number of carbonyl (C=O) groups excluding carboxylic acids is 1. The van der Waals surface area contributed by atoms with E-state index in [-0.39, 0.29) is 5.54 Å². The second-order valence-corrected chi connectivity index (χ2v) is 5.51. The summed E-state index contributed by atoms with van der Waals surface area (Å²) in [5, 5.41) is 3.34. The van der Waals surface area contributed by atoms with Crippen LogP contribution in [-0.2, 0) is 4.79 Å². The molecule has 15 heavy (non-hydrogen) atoms. The first-order chi connectivity index (χ1) is 6.90. The summed E-state index contributed by atoms with van der Waals surface area (Å²) >= 11 is 0. The molecular formula is C12H24N2O. The van der Waals surface area contributed by atoms with Gasteiger partial charge in [-0.1, -0.05) is 0 Å². The quantitative estimate of drug-likeness (QED) is 0.773. The number of likely N-dealkylation sites (tertiary alicyclic amines) is 1. The van der Waals surface area contributed by atoms with Crippen LogP contribution in [0, 0.1) is 0 Å². The van der Waals surface area contributed by atoms with Gasteiger partial charge in [-0.3, -0.25) is 4.79 Å². The van der Waals surface area contributed by atoms with Gasteiger partial charge in [0.25, 0.3) is 0 Å². The van der Waals surface area contributed by atoms with Gasteiger partial charge in [-0.15, -0.1) is 0 Å². The lowest BCUT2D eigenvalue weighted by atomic mass is 10.1. The second-order valence-electron chi connectivity index (χ2n) is 5.51. The SMILES string of the molecule is CC1CCCN1C(=O)CCNC(C)(C)C. The van der Waals surface area contributed by atoms with Gasteiger partial charge in [0.1, 0.15) is 0 Å². The summed E-state index contributed by atoms with van der Waals surface area (Å²) in [5.41, 5.74) is 0.108. The molecule has 1 heterocycles. The molecule has 1 N–H and O–H groups in total. The molecule has 0 radical (unpaired) electrons. The Labute approximate surface area is 93.2 Å². The summed E-state index contributed by atoms with van der Waals surface area (Å²) in [4.78, 5) is 13.8. The first kappa shape index (κ1) is 12.5. The highest BCUT2D eigenvalue weighted by atomic mass is 16.2. The van der Waals surface area contributed by atoms with E-state index >= 15 is 0 Å². The number of carbonyl (C=O) groups is 1. The molecule has 0 bridgehead atoms. The molecule has 1 aliphatic rings. The minimum atomic E-state index is 0.108. The van der Waals surface area contributed by atoms with E-state index in [2.05, 4.69) is 33.0 Å². The van der Waals surface area contributed by atoms with Crippen LogP contribution >= 0.6 is 0 Å². The molecule has 1 atom stereocenters. The number of nitrogens with one attached hydrogen (secondary N) is 1. The zero-order chi connectivity index (χ0) is 11.5. The van der Waals surface area contributed by atoms with Gasteiger partial charge in [0.2, 0.25) is 5.91 Å². The van der Waals surface area contributed by atoms with Gasteiger partial charge in [-0.2, -0.15) is 0 Å². The Morgan fingerprint density at radius 2 is 2.13 bits per heavy atom. The van der Waals surface area contributed by atoms with E-state index in [0.29, 0.717) is 18.4 Å². The third-order valence-electron chi connectivity index (χ3n) is 2.87. The molecule has 0 aromatic carbocycles. The van der Waals surface area contributed by atoms with Crippen molar-refractivity contribution in [2.45, 2.75) is 58.5 Å². The molecule has 0 aromatic rings. The van der Waals surface area contributed by atoms with Crippen molar-refractivity contribution in [2.75, 3.05) is 13.1 Å². The topological polar surface area (TPSA) is 32.3 Å². The standard InChI is InChI=1S/C12H24N2O/c1-10-6-5-9-14(10)11(15)7-8-13-12(2,3)4/h10,13H,5-9H2,1-4H3. The lowest BCUT2D eigenvalue weighted by Crippen LogP contribution is -2.40. The smallest absolute Gasteiger partial charge is 0.224 e. The third kappa shape index (κ3) is 4.20. The minimum Gasteiger partial charge on any atom is -0.340 e. The molecule has 3 nitrogen and oxygen atoms in total. The number of hydrogen-bond acceptors (Lipinski definition) is 2. The molecule has 1 aliphatic heterocycles. The molecular weight excluding hydrogens is 188 g/mol. The van der Waals surface area contributed by atoms with Crippen molar-refractivity contribution >= 4 is 5.91 Å². The normalized spacial score (nSPS) is 22.1. The fraction of sp³-hybridized carbons (Fsp3) is 0.917. The predicted molar refractivity (Wildman–Crippen MR) is 62.8 cm³/mol. The van der Waals surface area contributed by atoms with Crippen molar-refractivity contribution < 1.29 is 4.79 Å². The van der Waals surface area contributed by atoms with Crippen molar-refractivity contribution in [3.05, 3.63) is 0 Å². The molecule has 3 heteroatoms. The second kappa shape index (κ2) is 4.97. The van der Waals surface area contributed by atoms with Crippen LogP contribution in [0.25, 0.3) is 0 Å². The van der Waals surface area contributed by atoms with Crippen LogP contribution in [0.3, 0.4) is 0 Å². The number of nitrogens with zero attached hydrogens (tertiary/aromatic N) is 1. The van der Waals surface area contributed by atoms with Crippen molar-refractivity contribution in [3.63, 3.8) is 0 Å². The minimum absolute atomic E-state index is 0.108. The fourth-order valence-electron chi connectivity index (χ4n) is 1.99. The van der Waals surface area contributed by atoms with Crippen molar-refractivity contribution in [1.82, 2.24) is 10.2 Å². The Balaban J connectivity index is 2.24. The summed E-state index contributed by atoms with van der Waals surface area (Å²) in [6.07, 6.45) is 2.96. The average Bonchev–Trinajstić information content (AvgIpc) is 2.48. The number of rotatable bonds is 3. The Morgan fingerprint density at radius 3 is 2.60 bits per heavy atom. The average molecular weight is 212 g/mol. The lowest BCUT2D eigenvalue weighted by molar-refractivity contribution is -0.131. The zero-order valence-corrected chi connectivity index (χ0v) is 10.5. The maximum Gasteiger partial charge on any atom is 0.224 e. The molecule has 0 aromatic heterocycles. The Bertz CT molecular complexity index is 220. The maximum atomic E-state index is 11.8. The summed E-state index contributed by atoms with van der Waals surface area (Å²) < 4.78 is 0. The van der Waals surface area contributed by atoms with Crippen LogP contribution < -0.4 is 5.32 Å². The van der Waals surface area contributed by atoms with E-state index in [1.807, 2.05) is 4.90 Å². The molecule has 1 amide bonds. The van der Waals surface area contributed by atoms with E-state index in [1.54, 1.807) is 0 Å². The maximum absolute atomic E-state index is 11.8. The molecule has 1 rings (SSSR count). The van der Waals surface area contributed by atoms with E-state index < -0.39 is 0 Å². The van der Waals surface area contributed by atoms with Crippen molar-refractivity contribution in [3.8, 4) is 0 Å². The Kier molecular flexibility index (Phi) is 4.14. The largest absolute Gasteiger partial charge is 0.340 e. The molecule has 0 saturated carbocycles. The Morgan fingerprint density at radius 1 is 1.47 bits per heavy atom. The van der Waals surface area contributed by atoms with E-state index in [0.717, 1.165) is 13.1 Å². The third-order valence-corrected chi connectivity index (χ3v) is 2.87. The molecule has 1 unspecified atom stereocenters. The number of amides is 1. The van der Waals surface area contributed by atoms with E-state index in [9.17, 15) is 4.79 Å². The van der Waals surface area contributed by atoms with Gasteiger partial charge >= 0.3 is 0 Å². The van der Waals surface area contributed by atoms with Crippen LogP contribution in [0.15, 0.2) is 0 Å². The first-order valence-corrected chi connectivity index (χ1v) is 5.94. The van der Waals surface area contributed by atoms with Gasteiger partial charge in [-0.05, 0) is 40.5 Å².